The van der Waals surface area contributed by atoms with Gasteiger partial charge in [-0.05, 0) is 68.4 Å². The number of carbonyl (C=O) groups excluding carboxylic acids is 1. The fraction of sp³-hybridized carbons (Fsp3) is 0.579. The lowest BCUT2D eigenvalue weighted by atomic mass is 9.92. The van der Waals surface area contributed by atoms with Crippen molar-refractivity contribution in [1.82, 2.24) is 5.32 Å². The number of aryl methyl sites for hydroxylation is 2. The molecule has 0 unspecified atom stereocenters. The molecule has 0 bridgehead atoms. The molecule has 2 rings (SSSR count). The number of methoxy groups -OCH3 is 2. The van der Waals surface area contributed by atoms with Gasteiger partial charge in [-0.1, -0.05) is 0 Å². The molecule has 1 aliphatic carbocycles. The Labute approximate surface area is 154 Å². The normalized spacial score (nSPS) is 19.1. The summed E-state index contributed by atoms with van der Waals surface area (Å²) in [6.07, 6.45) is 3.03. The highest BCUT2D eigenvalue weighted by molar-refractivity contribution is 5.79. The number of amides is 1. The number of benzene rings is 1. The van der Waals surface area contributed by atoms with Crippen LogP contribution in [0.25, 0.3) is 0 Å². The van der Waals surface area contributed by atoms with Gasteiger partial charge >= 0.3 is 6.16 Å². The maximum Gasteiger partial charge on any atom is 0.503 e. The molecule has 0 atom stereocenters. The Morgan fingerprint density at radius 3 is 2.00 bits per heavy atom. The third kappa shape index (κ3) is 7.31. The third-order valence-corrected chi connectivity index (χ3v) is 4.62. The van der Waals surface area contributed by atoms with Crippen LogP contribution in [-0.2, 0) is 16.0 Å². The second-order valence-corrected chi connectivity index (χ2v) is 6.48. The number of carboxylic acid groups (broad SMARTS) is 2. The van der Waals surface area contributed by atoms with Gasteiger partial charge in [0.1, 0.15) is 5.75 Å². The highest BCUT2D eigenvalue weighted by atomic mass is 16.6. The first-order chi connectivity index (χ1) is 12.3. The van der Waals surface area contributed by atoms with Crippen molar-refractivity contribution in [2.24, 2.45) is 0 Å². The Hall–Kier alpha value is -2.28. The highest BCUT2D eigenvalue weighted by Gasteiger charge is 2.22. The van der Waals surface area contributed by atoms with Gasteiger partial charge in [0.2, 0.25) is 5.91 Å². The highest BCUT2D eigenvalue weighted by Crippen LogP contribution is 2.23. The zero-order valence-electron chi connectivity index (χ0n) is 15.9. The first-order valence-corrected chi connectivity index (χ1v) is 8.65. The molecule has 0 heterocycles. The lowest BCUT2D eigenvalue weighted by molar-refractivity contribution is -0.121. The number of nitrogens with one attached hydrogen (secondary N) is 1. The van der Waals surface area contributed by atoms with Gasteiger partial charge in [-0.15, -0.1) is 0 Å². The molecule has 7 heteroatoms. The molecule has 1 aromatic rings. The summed E-state index contributed by atoms with van der Waals surface area (Å²) < 4.78 is 10.6. The Morgan fingerprint density at radius 2 is 1.58 bits per heavy atom. The summed E-state index contributed by atoms with van der Waals surface area (Å²) >= 11 is 0. The minimum atomic E-state index is -1.83. The molecule has 1 saturated carbocycles. The van der Waals surface area contributed by atoms with E-state index < -0.39 is 6.16 Å². The quantitative estimate of drug-likeness (QED) is 0.738. The number of ether oxygens (including phenoxy) is 2. The molecule has 0 saturated heterocycles. The van der Waals surface area contributed by atoms with E-state index in [1.165, 1.54) is 0 Å². The van der Waals surface area contributed by atoms with Gasteiger partial charge in [-0.2, -0.15) is 0 Å². The molecule has 0 aromatic heterocycles. The average molecular weight is 367 g/mol. The van der Waals surface area contributed by atoms with Gasteiger partial charge in [0.05, 0.1) is 19.6 Å². The molecule has 1 amide bonds. The van der Waals surface area contributed by atoms with Crippen LogP contribution in [0, 0.1) is 13.8 Å². The monoisotopic (exact) mass is 367 g/mol. The molecule has 1 aromatic carbocycles. The van der Waals surface area contributed by atoms with Crippen molar-refractivity contribution in [3.63, 3.8) is 0 Å². The van der Waals surface area contributed by atoms with E-state index in [2.05, 4.69) is 5.32 Å². The Balaban J connectivity index is 0.000000765. The molecule has 3 N–H and O–H groups in total. The predicted molar refractivity (Wildman–Crippen MR) is 98.0 cm³/mol. The van der Waals surface area contributed by atoms with Crippen molar-refractivity contribution in [2.75, 3.05) is 14.2 Å². The van der Waals surface area contributed by atoms with Gasteiger partial charge in [0.15, 0.2) is 0 Å². The van der Waals surface area contributed by atoms with Crippen LogP contribution < -0.4 is 10.1 Å². The van der Waals surface area contributed by atoms with Crippen LogP contribution in [0.2, 0.25) is 0 Å². The molecule has 0 aliphatic heterocycles. The third-order valence-electron chi connectivity index (χ3n) is 4.62. The Kier molecular flexibility index (Phi) is 8.92. The molecule has 146 valence electrons. The molecule has 0 spiro atoms. The Bertz CT molecular complexity index is 581. The van der Waals surface area contributed by atoms with E-state index in [1.54, 1.807) is 14.2 Å². The van der Waals surface area contributed by atoms with Crippen LogP contribution in [0.5, 0.6) is 5.75 Å². The minimum absolute atomic E-state index is 0.109. The van der Waals surface area contributed by atoms with Crippen molar-refractivity contribution < 1.29 is 29.3 Å². The summed E-state index contributed by atoms with van der Waals surface area (Å²) in [5.74, 6) is 0.953. The van der Waals surface area contributed by atoms with E-state index in [-0.39, 0.29) is 11.9 Å². The van der Waals surface area contributed by atoms with Crippen LogP contribution in [0.3, 0.4) is 0 Å². The number of rotatable bonds is 5. The van der Waals surface area contributed by atoms with Crippen molar-refractivity contribution in [3.8, 4) is 5.75 Å². The maximum absolute atomic E-state index is 12.3. The van der Waals surface area contributed by atoms with Crippen molar-refractivity contribution in [3.05, 3.63) is 28.8 Å². The van der Waals surface area contributed by atoms with Crippen LogP contribution in [0.15, 0.2) is 12.1 Å². The summed E-state index contributed by atoms with van der Waals surface area (Å²) in [5, 5.41) is 17.1. The van der Waals surface area contributed by atoms with Gasteiger partial charge in [-0.3, -0.25) is 4.79 Å². The van der Waals surface area contributed by atoms with Crippen molar-refractivity contribution in [1.29, 1.82) is 0 Å². The van der Waals surface area contributed by atoms with Gasteiger partial charge in [0, 0.05) is 13.2 Å². The van der Waals surface area contributed by atoms with Gasteiger partial charge in [-0.25, -0.2) is 4.79 Å². The lowest BCUT2D eigenvalue weighted by Crippen LogP contribution is -2.39. The van der Waals surface area contributed by atoms with Crippen LogP contribution in [-0.4, -0.2) is 48.6 Å². The molecular weight excluding hydrogens is 338 g/mol. The van der Waals surface area contributed by atoms with Crippen molar-refractivity contribution >= 4 is 12.1 Å². The van der Waals surface area contributed by atoms with E-state index in [1.807, 2.05) is 26.0 Å². The molecule has 0 radical (unpaired) electrons. The van der Waals surface area contributed by atoms with Gasteiger partial charge in [0.25, 0.3) is 0 Å². The van der Waals surface area contributed by atoms with E-state index in [4.69, 9.17) is 24.5 Å². The fourth-order valence-corrected chi connectivity index (χ4v) is 3.23. The molecule has 26 heavy (non-hydrogen) atoms. The van der Waals surface area contributed by atoms with Gasteiger partial charge < -0.3 is 25.0 Å². The topological polar surface area (TPSA) is 105 Å². The number of hydrogen-bond acceptors (Lipinski definition) is 4. The smallest absolute Gasteiger partial charge is 0.497 e. The van der Waals surface area contributed by atoms with Crippen LogP contribution >= 0.6 is 0 Å². The summed E-state index contributed by atoms with van der Waals surface area (Å²) in [7, 11) is 3.43. The lowest BCUT2D eigenvalue weighted by Gasteiger charge is -2.28. The summed E-state index contributed by atoms with van der Waals surface area (Å²) in [4.78, 5) is 20.9. The van der Waals surface area contributed by atoms with E-state index in [9.17, 15) is 4.79 Å². The van der Waals surface area contributed by atoms with E-state index in [0.717, 1.165) is 48.1 Å². The van der Waals surface area contributed by atoms with E-state index >= 15 is 0 Å². The van der Waals surface area contributed by atoms with Crippen LogP contribution in [0.4, 0.5) is 4.79 Å². The standard InChI is InChI=1S/C18H27NO3.CH2O3/c1-12-9-16(22-4)10-13(2)17(12)11-18(20)19-14-5-7-15(21-3)8-6-14;2-1(3)4/h9-10,14-15H,5-8,11H2,1-4H3,(H,19,20);(H2,2,3,4). The first-order valence-electron chi connectivity index (χ1n) is 8.65. The molecule has 7 nitrogen and oxygen atoms in total. The summed E-state index contributed by atoms with van der Waals surface area (Å²) in [6.45, 7) is 4.06. The maximum atomic E-state index is 12.3. The SMILES string of the molecule is COc1cc(C)c(CC(=O)NC2CCC(OC)CC2)c(C)c1.O=C(O)O. The first kappa shape index (κ1) is 21.8. The van der Waals surface area contributed by atoms with E-state index in [0.29, 0.717) is 12.5 Å². The number of carbonyl (C=O) groups is 2. The predicted octanol–water partition coefficient (Wildman–Crippen LogP) is 3.15. The fourth-order valence-electron chi connectivity index (χ4n) is 3.23. The largest absolute Gasteiger partial charge is 0.503 e. The number of hydrogen-bond donors (Lipinski definition) is 3. The minimum Gasteiger partial charge on any atom is -0.497 e. The molecule has 1 fully saturated rings. The van der Waals surface area contributed by atoms with Crippen molar-refractivity contribution in [2.45, 2.75) is 58.1 Å². The second-order valence-electron chi connectivity index (χ2n) is 6.48. The summed E-state index contributed by atoms with van der Waals surface area (Å²) in [5.41, 5.74) is 3.31. The summed E-state index contributed by atoms with van der Waals surface area (Å²) in [6, 6.07) is 4.26. The molecular formula is C19H29NO6. The zero-order chi connectivity index (χ0) is 19.7. The second kappa shape index (κ2) is 10.7. The zero-order valence-corrected chi connectivity index (χ0v) is 15.9. The Morgan fingerprint density at radius 1 is 1.08 bits per heavy atom. The van der Waals surface area contributed by atoms with Crippen LogP contribution in [0.1, 0.15) is 42.4 Å². The average Bonchev–Trinajstić information content (AvgIpc) is 2.58. The molecule has 1 aliphatic rings.